The van der Waals surface area contributed by atoms with E-state index in [0.717, 1.165) is 34.9 Å². The van der Waals surface area contributed by atoms with Gasteiger partial charge in [-0.1, -0.05) is 43.3 Å². The summed E-state index contributed by atoms with van der Waals surface area (Å²) in [5.74, 6) is 1.06. The standard InChI is InChI=1S/C23H28N4O2/c1-17(15-27-19(3)13-18(2)26-27)14-24-23(28)25-22-12-8-7-9-20(22)16-29-21-10-5-4-6-11-21/h4-13,17H,14-16H2,1-3H3,(H2,24,25,28). The highest BCUT2D eigenvalue weighted by atomic mass is 16.5. The fourth-order valence-electron chi connectivity index (χ4n) is 3.10. The number of benzene rings is 2. The van der Waals surface area contributed by atoms with Crippen molar-refractivity contribution < 1.29 is 9.53 Å². The number of amides is 2. The lowest BCUT2D eigenvalue weighted by atomic mass is 10.2. The van der Waals surface area contributed by atoms with Crippen LogP contribution in [0.25, 0.3) is 0 Å². The minimum absolute atomic E-state index is 0.225. The molecule has 1 atom stereocenters. The van der Waals surface area contributed by atoms with E-state index in [2.05, 4.69) is 28.7 Å². The van der Waals surface area contributed by atoms with E-state index in [1.807, 2.05) is 73.1 Å². The molecule has 3 aromatic rings. The van der Waals surface area contributed by atoms with Gasteiger partial charge < -0.3 is 15.4 Å². The Hall–Kier alpha value is -3.28. The molecule has 1 heterocycles. The van der Waals surface area contributed by atoms with Gasteiger partial charge in [0.1, 0.15) is 12.4 Å². The average molecular weight is 393 g/mol. The SMILES string of the molecule is Cc1cc(C)n(CC(C)CNC(=O)Nc2ccccc2COc2ccccc2)n1. The fraction of sp³-hybridized carbons (Fsp3) is 0.304. The molecule has 0 aliphatic heterocycles. The molecule has 0 radical (unpaired) electrons. The van der Waals surface area contributed by atoms with Crippen LogP contribution >= 0.6 is 0 Å². The summed E-state index contributed by atoms with van der Waals surface area (Å²) in [6.45, 7) is 7.83. The van der Waals surface area contributed by atoms with Gasteiger partial charge in [-0.3, -0.25) is 4.68 Å². The summed E-state index contributed by atoms with van der Waals surface area (Å²) in [4.78, 5) is 12.4. The molecular weight excluding hydrogens is 364 g/mol. The highest BCUT2D eigenvalue weighted by Crippen LogP contribution is 2.18. The van der Waals surface area contributed by atoms with E-state index in [9.17, 15) is 4.79 Å². The molecule has 6 heteroatoms. The molecule has 29 heavy (non-hydrogen) atoms. The molecule has 0 saturated heterocycles. The number of anilines is 1. The number of urea groups is 1. The Morgan fingerprint density at radius 2 is 1.83 bits per heavy atom. The van der Waals surface area contributed by atoms with Crippen molar-refractivity contribution in [1.29, 1.82) is 0 Å². The van der Waals surface area contributed by atoms with E-state index in [-0.39, 0.29) is 11.9 Å². The molecule has 2 amide bonds. The molecule has 0 bridgehead atoms. The van der Waals surface area contributed by atoms with Crippen LogP contribution in [0.4, 0.5) is 10.5 Å². The Kier molecular flexibility index (Phi) is 6.89. The number of rotatable bonds is 8. The monoisotopic (exact) mass is 392 g/mol. The van der Waals surface area contributed by atoms with Crippen molar-refractivity contribution in [3.8, 4) is 5.75 Å². The van der Waals surface area contributed by atoms with Gasteiger partial charge in [0.05, 0.1) is 5.69 Å². The Bertz CT molecular complexity index is 937. The largest absolute Gasteiger partial charge is 0.489 e. The third-order valence-electron chi connectivity index (χ3n) is 4.60. The Labute approximate surface area is 171 Å². The Balaban J connectivity index is 1.50. The number of para-hydroxylation sites is 2. The predicted molar refractivity (Wildman–Crippen MR) is 115 cm³/mol. The quantitative estimate of drug-likeness (QED) is 0.591. The van der Waals surface area contributed by atoms with E-state index in [4.69, 9.17) is 4.74 Å². The summed E-state index contributed by atoms with van der Waals surface area (Å²) in [7, 11) is 0. The molecule has 3 rings (SSSR count). The first-order valence-corrected chi connectivity index (χ1v) is 9.83. The Morgan fingerprint density at radius 1 is 1.10 bits per heavy atom. The van der Waals surface area contributed by atoms with Gasteiger partial charge in [0.25, 0.3) is 0 Å². The van der Waals surface area contributed by atoms with Gasteiger partial charge >= 0.3 is 6.03 Å². The normalized spacial score (nSPS) is 11.7. The molecule has 6 nitrogen and oxygen atoms in total. The molecule has 0 saturated carbocycles. The summed E-state index contributed by atoms with van der Waals surface area (Å²) >= 11 is 0. The topological polar surface area (TPSA) is 68.2 Å². The van der Waals surface area contributed by atoms with Gasteiger partial charge in [-0.05, 0) is 44.0 Å². The summed E-state index contributed by atoms with van der Waals surface area (Å²) < 4.78 is 7.79. The van der Waals surface area contributed by atoms with Gasteiger partial charge in [-0.25, -0.2) is 4.79 Å². The van der Waals surface area contributed by atoms with Gasteiger partial charge in [0.2, 0.25) is 0 Å². The van der Waals surface area contributed by atoms with Crippen LogP contribution < -0.4 is 15.4 Å². The number of nitrogens with zero attached hydrogens (tertiary/aromatic N) is 2. The number of hydrogen-bond donors (Lipinski definition) is 2. The minimum atomic E-state index is -0.225. The fourth-order valence-corrected chi connectivity index (χ4v) is 3.10. The van der Waals surface area contributed by atoms with Crippen LogP contribution in [0.2, 0.25) is 0 Å². The highest BCUT2D eigenvalue weighted by molar-refractivity contribution is 5.90. The van der Waals surface area contributed by atoms with Crippen molar-refractivity contribution in [3.63, 3.8) is 0 Å². The second-order valence-electron chi connectivity index (χ2n) is 7.31. The molecular formula is C23H28N4O2. The zero-order valence-corrected chi connectivity index (χ0v) is 17.2. The van der Waals surface area contributed by atoms with Crippen molar-refractivity contribution in [2.75, 3.05) is 11.9 Å². The molecule has 0 aliphatic carbocycles. The molecule has 1 unspecified atom stereocenters. The van der Waals surface area contributed by atoms with Crippen molar-refractivity contribution in [2.24, 2.45) is 5.92 Å². The van der Waals surface area contributed by atoms with Crippen LogP contribution in [0, 0.1) is 19.8 Å². The van der Waals surface area contributed by atoms with Crippen LogP contribution in [-0.4, -0.2) is 22.4 Å². The molecule has 2 N–H and O–H groups in total. The summed E-state index contributed by atoms with van der Waals surface area (Å²) in [6.07, 6.45) is 0. The number of hydrogen-bond acceptors (Lipinski definition) is 3. The minimum Gasteiger partial charge on any atom is -0.489 e. The zero-order chi connectivity index (χ0) is 20.6. The van der Waals surface area contributed by atoms with Crippen LogP contribution in [-0.2, 0) is 13.2 Å². The number of aryl methyl sites for hydroxylation is 2. The average Bonchev–Trinajstić information content (AvgIpc) is 3.03. The second kappa shape index (κ2) is 9.78. The van der Waals surface area contributed by atoms with E-state index in [0.29, 0.717) is 13.2 Å². The third-order valence-corrected chi connectivity index (χ3v) is 4.60. The first-order chi connectivity index (χ1) is 14.0. The lowest BCUT2D eigenvalue weighted by Crippen LogP contribution is -2.34. The number of carbonyl (C=O) groups excluding carboxylic acids is 1. The highest BCUT2D eigenvalue weighted by Gasteiger charge is 2.11. The van der Waals surface area contributed by atoms with E-state index in [1.165, 1.54) is 0 Å². The number of aromatic nitrogens is 2. The maximum atomic E-state index is 12.4. The van der Waals surface area contributed by atoms with Crippen molar-refractivity contribution in [1.82, 2.24) is 15.1 Å². The van der Waals surface area contributed by atoms with E-state index < -0.39 is 0 Å². The first kappa shape index (κ1) is 20.5. The number of carbonyl (C=O) groups is 1. The van der Waals surface area contributed by atoms with E-state index in [1.54, 1.807) is 0 Å². The van der Waals surface area contributed by atoms with Crippen molar-refractivity contribution in [3.05, 3.63) is 77.6 Å². The number of ether oxygens (including phenoxy) is 1. The van der Waals surface area contributed by atoms with Gasteiger partial charge in [-0.15, -0.1) is 0 Å². The van der Waals surface area contributed by atoms with E-state index >= 15 is 0 Å². The van der Waals surface area contributed by atoms with Gasteiger partial charge in [-0.2, -0.15) is 5.10 Å². The zero-order valence-electron chi connectivity index (χ0n) is 17.2. The molecule has 0 fully saturated rings. The summed E-state index contributed by atoms with van der Waals surface area (Å²) in [6, 6.07) is 19.1. The van der Waals surface area contributed by atoms with Crippen LogP contribution in [0.5, 0.6) is 5.75 Å². The molecule has 0 spiro atoms. The maximum absolute atomic E-state index is 12.4. The van der Waals surface area contributed by atoms with Crippen molar-refractivity contribution >= 4 is 11.7 Å². The molecule has 1 aromatic heterocycles. The maximum Gasteiger partial charge on any atom is 0.319 e. The lowest BCUT2D eigenvalue weighted by molar-refractivity contribution is 0.249. The van der Waals surface area contributed by atoms with Crippen LogP contribution in [0.1, 0.15) is 23.9 Å². The molecule has 2 aromatic carbocycles. The van der Waals surface area contributed by atoms with Gasteiger partial charge in [0, 0.05) is 30.0 Å². The third kappa shape index (κ3) is 6.10. The predicted octanol–water partition coefficient (Wildman–Crippen LogP) is 4.54. The smallest absolute Gasteiger partial charge is 0.319 e. The number of nitrogens with one attached hydrogen (secondary N) is 2. The van der Waals surface area contributed by atoms with Crippen molar-refractivity contribution in [2.45, 2.75) is 33.9 Å². The Morgan fingerprint density at radius 3 is 2.55 bits per heavy atom. The van der Waals surface area contributed by atoms with Crippen LogP contribution in [0.15, 0.2) is 60.7 Å². The molecule has 152 valence electrons. The van der Waals surface area contributed by atoms with Crippen LogP contribution in [0.3, 0.4) is 0 Å². The summed E-state index contributed by atoms with van der Waals surface area (Å²) in [5.41, 5.74) is 3.80. The second-order valence-corrected chi connectivity index (χ2v) is 7.31. The molecule has 0 aliphatic rings. The lowest BCUT2D eigenvalue weighted by Gasteiger charge is -2.16. The first-order valence-electron chi connectivity index (χ1n) is 9.83. The summed E-state index contributed by atoms with van der Waals surface area (Å²) in [5, 5.41) is 10.4. The van der Waals surface area contributed by atoms with Gasteiger partial charge in [0.15, 0.2) is 0 Å².